The molecule has 0 aliphatic carbocycles. The van der Waals surface area contributed by atoms with Gasteiger partial charge in [-0.25, -0.2) is 0 Å². The number of rotatable bonds is 5. The van der Waals surface area contributed by atoms with Crippen LogP contribution in [0.3, 0.4) is 0 Å². The summed E-state index contributed by atoms with van der Waals surface area (Å²) in [6, 6.07) is 8.24. The molecule has 0 atom stereocenters. The Morgan fingerprint density at radius 1 is 1.36 bits per heavy atom. The van der Waals surface area contributed by atoms with Gasteiger partial charge >= 0.3 is 0 Å². The summed E-state index contributed by atoms with van der Waals surface area (Å²) >= 11 is 0. The average molecular weight is 216 g/mol. The van der Waals surface area contributed by atoms with Gasteiger partial charge in [0.25, 0.3) is 0 Å². The van der Waals surface area contributed by atoms with Gasteiger partial charge in [-0.2, -0.15) is 0 Å². The van der Waals surface area contributed by atoms with Crippen molar-refractivity contribution in [3.63, 3.8) is 0 Å². The number of benzene rings is 1. The number of nitrogens with one attached hydrogen (secondary N) is 1. The molecule has 1 aromatic carbocycles. The molecule has 14 heavy (non-hydrogen) atoms. The van der Waals surface area contributed by atoms with Gasteiger partial charge in [0.2, 0.25) is 0 Å². The maximum Gasteiger partial charge on any atom is 0.119 e. The highest BCUT2D eigenvalue weighted by Crippen LogP contribution is 2.13. The van der Waals surface area contributed by atoms with Crippen molar-refractivity contribution in [2.45, 2.75) is 13.3 Å². The molecule has 0 radical (unpaired) electrons. The fourth-order valence-corrected chi connectivity index (χ4v) is 1.13. The molecule has 1 N–H and O–H groups in total. The highest BCUT2D eigenvalue weighted by atomic mass is 35.5. The SMILES string of the molecule is CCc1cccc(OCCNC)c1.Cl. The molecule has 80 valence electrons. The van der Waals surface area contributed by atoms with E-state index in [4.69, 9.17) is 4.74 Å². The maximum absolute atomic E-state index is 5.53. The number of likely N-dealkylation sites (N-methyl/N-ethyl adjacent to an activating group) is 1. The van der Waals surface area contributed by atoms with Crippen molar-refractivity contribution in [1.29, 1.82) is 0 Å². The Morgan fingerprint density at radius 3 is 2.79 bits per heavy atom. The average Bonchev–Trinajstić information content (AvgIpc) is 2.19. The number of halogens is 1. The van der Waals surface area contributed by atoms with Gasteiger partial charge in [-0.3, -0.25) is 0 Å². The summed E-state index contributed by atoms with van der Waals surface area (Å²) in [6.45, 7) is 3.76. The molecule has 0 saturated heterocycles. The zero-order valence-electron chi connectivity index (χ0n) is 8.75. The van der Waals surface area contributed by atoms with Crippen LogP contribution in [-0.4, -0.2) is 20.2 Å². The number of hydrogen-bond donors (Lipinski definition) is 1. The molecule has 0 amide bonds. The van der Waals surface area contributed by atoms with Crippen LogP contribution in [0, 0.1) is 0 Å². The van der Waals surface area contributed by atoms with Crippen LogP contribution in [0.1, 0.15) is 12.5 Å². The Hall–Kier alpha value is -0.730. The smallest absolute Gasteiger partial charge is 0.119 e. The summed E-state index contributed by atoms with van der Waals surface area (Å²) in [6.07, 6.45) is 1.06. The summed E-state index contributed by atoms with van der Waals surface area (Å²) in [4.78, 5) is 0. The minimum atomic E-state index is 0. The Kier molecular flexibility index (Phi) is 7.25. The number of aryl methyl sites for hydroxylation is 1. The van der Waals surface area contributed by atoms with Crippen molar-refractivity contribution >= 4 is 12.4 Å². The van der Waals surface area contributed by atoms with Crippen LogP contribution < -0.4 is 10.1 Å². The molecule has 0 fully saturated rings. The first-order valence-electron chi connectivity index (χ1n) is 4.73. The predicted molar refractivity (Wildman–Crippen MR) is 62.5 cm³/mol. The van der Waals surface area contributed by atoms with Crippen molar-refractivity contribution in [1.82, 2.24) is 5.32 Å². The first-order chi connectivity index (χ1) is 6.36. The lowest BCUT2D eigenvalue weighted by Crippen LogP contribution is -2.15. The van der Waals surface area contributed by atoms with Gasteiger partial charge in [-0.05, 0) is 31.2 Å². The third-order valence-electron chi connectivity index (χ3n) is 1.93. The monoisotopic (exact) mass is 215 g/mol. The van der Waals surface area contributed by atoms with Crippen LogP contribution in [0.15, 0.2) is 24.3 Å². The Balaban J connectivity index is 0.00000169. The third-order valence-corrected chi connectivity index (χ3v) is 1.93. The molecular formula is C11H18ClNO. The van der Waals surface area contributed by atoms with Gasteiger partial charge < -0.3 is 10.1 Å². The lowest BCUT2D eigenvalue weighted by molar-refractivity contribution is 0.318. The molecule has 2 nitrogen and oxygen atoms in total. The van der Waals surface area contributed by atoms with E-state index in [1.54, 1.807) is 0 Å². The minimum absolute atomic E-state index is 0. The Morgan fingerprint density at radius 2 is 2.14 bits per heavy atom. The van der Waals surface area contributed by atoms with E-state index >= 15 is 0 Å². The fourth-order valence-electron chi connectivity index (χ4n) is 1.13. The summed E-state index contributed by atoms with van der Waals surface area (Å²) < 4.78 is 5.53. The Labute approximate surface area is 92.1 Å². The molecule has 0 heterocycles. The molecule has 1 aromatic rings. The lowest BCUT2D eigenvalue weighted by Gasteiger charge is -2.06. The minimum Gasteiger partial charge on any atom is -0.492 e. The summed E-state index contributed by atoms with van der Waals surface area (Å²) in [7, 11) is 1.92. The normalized spacial score (nSPS) is 9.29. The van der Waals surface area contributed by atoms with Gasteiger partial charge in [0.1, 0.15) is 12.4 Å². The third kappa shape index (κ3) is 4.49. The van der Waals surface area contributed by atoms with E-state index in [9.17, 15) is 0 Å². The first kappa shape index (κ1) is 13.3. The molecule has 0 bridgehead atoms. The second-order valence-corrected chi connectivity index (χ2v) is 2.95. The van der Waals surface area contributed by atoms with Gasteiger partial charge in [-0.15, -0.1) is 12.4 Å². The molecule has 0 spiro atoms. The molecule has 0 aromatic heterocycles. The first-order valence-corrected chi connectivity index (χ1v) is 4.73. The zero-order chi connectivity index (χ0) is 9.52. The molecule has 0 saturated carbocycles. The fraction of sp³-hybridized carbons (Fsp3) is 0.455. The van der Waals surface area contributed by atoms with E-state index in [-0.39, 0.29) is 12.4 Å². The lowest BCUT2D eigenvalue weighted by atomic mass is 10.2. The summed E-state index contributed by atoms with van der Waals surface area (Å²) in [5.74, 6) is 0.967. The van der Waals surface area contributed by atoms with E-state index in [0.29, 0.717) is 0 Å². The quantitative estimate of drug-likeness (QED) is 0.761. The molecule has 1 rings (SSSR count). The van der Waals surface area contributed by atoms with E-state index < -0.39 is 0 Å². The van der Waals surface area contributed by atoms with E-state index in [1.807, 2.05) is 19.2 Å². The van der Waals surface area contributed by atoms with Gasteiger partial charge in [-0.1, -0.05) is 19.1 Å². The van der Waals surface area contributed by atoms with Crippen LogP contribution in [-0.2, 0) is 6.42 Å². The van der Waals surface area contributed by atoms with Crippen molar-refractivity contribution in [2.75, 3.05) is 20.2 Å². The topological polar surface area (TPSA) is 21.3 Å². The molecule has 0 unspecified atom stereocenters. The standard InChI is InChI=1S/C11H17NO.ClH/c1-3-10-5-4-6-11(9-10)13-8-7-12-2;/h4-6,9,12H,3,7-8H2,1-2H3;1H. The maximum atomic E-state index is 5.53. The second kappa shape index (κ2) is 7.65. The van der Waals surface area contributed by atoms with Crippen molar-refractivity contribution in [3.05, 3.63) is 29.8 Å². The number of ether oxygens (including phenoxy) is 1. The Bertz CT molecular complexity index is 253. The highest BCUT2D eigenvalue weighted by Gasteiger charge is 1.93. The van der Waals surface area contributed by atoms with Gasteiger partial charge in [0.05, 0.1) is 0 Å². The summed E-state index contributed by atoms with van der Waals surface area (Å²) in [5, 5.41) is 3.04. The van der Waals surface area contributed by atoms with Gasteiger partial charge in [0.15, 0.2) is 0 Å². The van der Waals surface area contributed by atoms with E-state index in [2.05, 4.69) is 24.4 Å². The predicted octanol–water partition coefficient (Wildman–Crippen LogP) is 2.27. The van der Waals surface area contributed by atoms with Crippen LogP contribution in [0.2, 0.25) is 0 Å². The van der Waals surface area contributed by atoms with Crippen molar-refractivity contribution in [3.8, 4) is 5.75 Å². The van der Waals surface area contributed by atoms with Gasteiger partial charge in [0, 0.05) is 6.54 Å². The second-order valence-electron chi connectivity index (χ2n) is 2.95. The summed E-state index contributed by atoms with van der Waals surface area (Å²) in [5.41, 5.74) is 1.32. The highest BCUT2D eigenvalue weighted by molar-refractivity contribution is 5.85. The molecule has 0 aliphatic rings. The zero-order valence-corrected chi connectivity index (χ0v) is 9.56. The van der Waals surface area contributed by atoms with E-state index in [1.165, 1.54) is 5.56 Å². The molecular weight excluding hydrogens is 198 g/mol. The van der Waals surface area contributed by atoms with Crippen LogP contribution in [0.5, 0.6) is 5.75 Å². The van der Waals surface area contributed by atoms with Crippen molar-refractivity contribution < 1.29 is 4.74 Å². The van der Waals surface area contributed by atoms with Crippen molar-refractivity contribution in [2.24, 2.45) is 0 Å². The van der Waals surface area contributed by atoms with Crippen LogP contribution in [0.25, 0.3) is 0 Å². The molecule has 0 aliphatic heterocycles. The largest absolute Gasteiger partial charge is 0.492 e. The molecule has 3 heteroatoms. The van der Waals surface area contributed by atoms with E-state index in [0.717, 1.165) is 25.3 Å². The number of hydrogen-bond acceptors (Lipinski definition) is 2. The van der Waals surface area contributed by atoms with Crippen LogP contribution in [0.4, 0.5) is 0 Å². The van der Waals surface area contributed by atoms with Crippen LogP contribution >= 0.6 is 12.4 Å².